The van der Waals surface area contributed by atoms with Gasteiger partial charge in [0.15, 0.2) is 0 Å². The predicted molar refractivity (Wildman–Crippen MR) is 80.3 cm³/mol. The largest absolute Gasteiger partial charge is 0.380 e. The van der Waals surface area contributed by atoms with Crippen molar-refractivity contribution in [3.8, 4) is 0 Å². The third-order valence-electron chi connectivity index (χ3n) is 5.15. The lowest BCUT2D eigenvalue weighted by atomic mass is 9.99. The molecule has 2 aliphatic rings. The zero-order chi connectivity index (χ0) is 14.7. The minimum Gasteiger partial charge on any atom is -0.380 e. The number of nitrogens with zero attached hydrogens (tertiary/aromatic N) is 1. The van der Waals surface area contributed by atoms with Gasteiger partial charge in [0.25, 0.3) is 0 Å². The minimum atomic E-state index is -0.00495. The van der Waals surface area contributed by atoms with E-state index in [9.17, 15) is 4.79 Å². The van der Waals surface area contributed by atoms with Gasteiger partial charge in [0, 0.05) is 13.7 Å². The average Bonchev–Trinajstić information content (AvgIpc) is 3.07. The zero-order valence-electron chi connectivity index (χ0n) is 13.4. The van der Waals surface area contributed by atoms with Gasteiger partial charge in [-0.05, 0) is 31.6 Å². The first-order chi connectivity index (χ1) is 9.58. The van der Waals surface area contributed by atoms with E-state index >= 15 is 0 Å². The van der Waals surface area contributed by atoms with Crippen molar-refractivity contribution in [1.82, 2.24) is 10.2 Å². The van der Waals surface area contributed by atoms with Crippen LogP contribution in [0.1, 0.15) is 52.9 Å². The molecule has 1 heterocycles. The highest BCUT2D eigenvalue weighted by molar-refractivity contribution is 5.84. The maximum atomic E-state index is 12.7. The van der Waals surface area contributed by atoms with Crippen molar-refractivity contribution in [3.05, 3.63) is 0 Å². The Hall–Kier alpha value is -0.610. The second kappa shape index (κ2) is 6.90. The number of carbonyl (C=O) groups is 1. The minimum absolute atomic E-state index is 0.00495. The Kier molecular flexibility index (Phi) is 5.44. The quantitative estimate of drug-likeness (QED) is 0.813. The average molecular weight is 282 g/mol. The molecule has 0 bridgehead atoms. The summed E-state index contributed by atoms with van der Waals surface area (Å²) in [5.74, 6) is 1.30. The first-order valence-corrected chi connectivity index (χ1v) is 8.17. The molecule has 0 aromatic rings. The Balaban J connectivity index is 2.11. The van der Waals surface area contributed by atoms with Gasteiger partial charge in [0.05, 0.1) is 18.3 Å². The van der Waals surface area contributed by atoms with Crippen molar-refractivity contribution in [3.63, 3.8) is 0 Å². The summed E-state index contributed by atoms with van der Waals surface area (Å²) in [6.07, 6.45) is 6.46. The van der Waals surface area contributed by atoms with Gasteiger partial charge in [-0.1, -0.05) is 33.1 Å². The number of amides is 1. The monoisotopic (exact) mass is 282 g/mol. The summed E-state index contributed by atoms with van der Waals surface area (Å²) in [4.78, 5) is 14.8. The Morgan fingerprint density at radius 2 is 2.00 bits per heavy atom. The number of rotatable bonds is 6. The van der Waals surface area contributed by atoms with Crippen molar-refractivity contribution in [2.24, 2.45) is 11.8 Å². The predicted octanol–water partition coefficient (Wildman–Crippen LogP) is 2.38. The molecule has 4 nitrogen and oxygen atoms in total. The van der Waals surface area contributed by atoms with E-state index < -0.39 is 0 Å². The second-order valence-electron chi connectivity index (χ2n) is 6.56. The van der Waals surface area contributed by atoms with Gasteiger partial charge in [0.2, 0.25) is 5.91 Å². The van der Waals surface area contributed by atoms with Crippen LogP contribution in [-0.2, 0) is 9.53 Å². The van der Waals surface area contributed by atoms with E-state index in [0.29, 0.717) is 18.4 Å². The zero-order valence-corrected chi connectivity index (χ0v) is 13.4. The molecule has 0 aromatic carbocycles. The summed E-state index contributed by atoms with van der Waals surface area (Å²) >= 11 is 0. The fraction of sp³-hybridized carbons (Fsp3) is 0.938. The molecule has 20 heavy (non-hydrogen) atoms. The maximum Gasteiger partial charge on any atom is 0.241 e. The molecular formula is C16H30N2O2. The van der Waals surface area contributed by atoms with Crippen LogP contribution in [0.5, 0.6) is 0 Å². The fourth-order valence-electron chi connectivity index (χ4n) is 3.52. The van der Waals surface area contributed by atoms with Crippen molar-refractivity contribution in [2.75, 3.05) is 13.7 Å². The molecule has 1 amide bonds. The molecule has 1 saturated heterocycles. The molecule has 4 atom stereocenters. The molecule has 2 fully saturated rings. The molecule has 116 valence electrons. The van der Waals surface area contributed by atoms with Gasteiger partial charge in [0.1, 0.15) is 0 Å². The standard InChI is InChI=1S/C16H30N2O2/c1-5-11(2)14-16(19)18(10-12(3)20-4)15(17-14)13-8-6-7-9-13/h11-15,17H,5-10H2,1-4H3. The highest BCUT2D eigenvalue weighted by Gasteiger charge is 2.44. The highest BCUT2D eigenvalue weighted by Crippen LogP contribution is 2.33. The van der Waals surface area contributed by atoms with E-state index in [0.717, 1.165) is 6.42 Å². The summed E-state index contributed by atoms with van der Waals surface area (Å²) in [5.41, 5.74) is 0. The van der Waals surface area contributed by atoms with Crippen LogP contribution in [0.15, 0.2) is 0 Å². The summed E-state index contributed by atoms with van der Waals surface area (Å²) in [6.45, 7) is 7.07. The summed E-state index contributed by atoms with van der Waals surface area (Å²) in [6, 6.07) is -0.00495. The Labute approximate surface area is 123 Å². The second-order valence-corrected chi connectivity index (χ2v) is 6.56. The third-order valence-corrected chi connectivity index (χ3v) is 5.15. The van der Waals surface area contributed by atoms with E-state index in [1.807, 2.05) is 6.92 Å². The molecule has 0 aromatic heterocycles. The summed E-state index contributed by atoms with van der Waals surface area (Å²) < 4.78 is 5.37. The number of methoxy groups -OCH3 is 1. The van der Waals surface area contributed by atoms with Gasteiger partial charge < -0.3 is 9.64 Å². The molecule has 4 heteroatoms. The number of hydrogen-bond donors (Lipinski definition) is 1. The topological polar surface area (TPSA) is 41.6 Å². The maximum absolute atomic E-state index is 12.7. The Morgan fingerprint density at radius 3 is 2.55 bits per heavy atom. The number of carbonyl (C=O) groups excluding carboxylic acids is 1. The van der Waals surface area contributed by atoms with Crippen LogP contribution >= 0.6 is 0 Å². The van der Waals surface area contributed by atoms with E-state index in [1.165, 1.54) is 25.7 Å². The first-order valence-electron chi connectivity index (χ1n) is 8.17. The lowest BCUT2D eigenvalue weighted by Crippen LogP contribution is -2.45. The van der Waals surface area contributed by atoms with E-state index in [-0.39, 0.29) is 24.2 Å². The molecule has 0 spiro atoms. The van der Waals surface area contributed by atoms with Gasteiger partial charge in [-0.25, -0.2) is 0 Å². The molecule has 1 aliphatic carbocycles. The highest BCUT2D eigenvalue weighted by atomic mass is 16.5. The first kappa shape index (κ1) is 15.8. The van der Waals surface area contributed by atoms with Crippen LogP contribution in [0.25, 0.3) is 0 Å². The van der Waals surface area contributed by atoms with Gasteiger partial charge in [-0.3, -0.25) is 10.1 Å². The Bertz CT molecular complexity index is 328. The van der Waals surface area contributed by atoms with E-state index in [2.05, 4.69) is 24.1 Å². The fourth-order valence-corrected chi connectivity index (χ4v) is 3.52. The molecule has 4 unspecified atom stereocenters. The van der Waals surface area contributed by atoms with Crippen molar-refractivity contribution in [2.45, 2.75) is 71.2 Å². The van der Waals surface area contributed by atoms with Crippen molar-refractivity contribution < 1.29 is 9.53 Å². The van der Waals surface area contributed by atoms with Crippen LogP contribution in [0.3, 0.4) is 0 Å². The van der Waals surface area contributed by atoms with Crippen LogP contribution in [0, 0.1) is 11.8 Å². The van der Waals surface area contributed by atoms with Gasteiger partial charge in [-0.2, -0.15) is 0 Å². The normalized spacial score (nSPS) is 31.0. The van der Waals surface area contributed by atoms with Gasteiger partial charge >= 0.3 is 0 Å². The lowest BCUT2D eigenvalue weighted by molar-refractivity contribution is -0.133. The lowest BCUT2D eigenvalue weighted by Gasteiger charge is -2.30. The van der Waals surface area contributed by atoms with Crippen LogP contribution in [-0.4, -0.2) is 42.8 Å². The molecule has 1 aliphatic heterocycles. The molecular weight excluding hydrogens is 252 g/mol. The van der Waals surface area contributed by atoms with Crippen molar-refractivity contribution >= 4 is 5.91 Å². The van der Waals surface area contributed by atoms with Crippen molar-refractivity contribution in [1.29, 1.82) is 0 Å². The molecule has 1 N–H and O–H groups in total. The molecule has 2 rings (SSSR count). The van der Waals surface area contributed by atoms with E-state index in [1.54, 1.807) is 7.11 Å². The summed E-state index contributed by atoms with van der Waals surface area (Å²) in [7, 11) is 1.72. The van der Waals surface area contributed by atoms with Crippen LogP contribution < -0.4 is 5.32 Å². The van der Waals surface area contributed by atoms with Crippen LogP contribution in [0.4, 0.5) is 0 Å². The van der Waals surface area contributed by atoms with Gasteiger partial charge in [-0.15, -0.1) is 0 Å². The van der Waals surface area contributed by atoms with Crippen LogP contribution in [0.2, 0.25) is 0 Å². The Morgan fingerprint density at radius 1 is 1.35 bits per heavy atom. The summed E-state index contributed by atoms with van der Waals surface area (Å²) in [5, 5.41) is 3.63. The smallest absolute Gasteiger partial charge is 0.241 e. The number of hydrogen-bond acceptors (Lipinski definition) is 3. The number of nitrogens with one attached hydrogen (secondary N) is 1. The molecule has 0 radical (unpaired) electrons. The molecule has 1 saturated carbocycles. The SMILES string of the molecule is CCC(C)C1NC(C2CCCC2)N(CC(C)OC)C1=O. The third kappa shape index (κ3) is 3.17. The number of ether oxygens (including phenoxy) is 1. The van der Waals surface area contributed by atoms with E-state index in [4.69, 9.17) is 4.74 Å².